The standard InChI is InChI=1S/C19H21BrN4O2/c1-26-12-11-24-13-14(17-3-2-9-21-18(17)24)8-10-22-19(25)23-16-6-4-15(20)5-7-16/h2-7,9,13H,8,10-12H2,1H3,(H2,22,23,25). The molecule has 0 atom stereocenters. The molecule has 0 unspecified atom stereocenters. The first-order valence-electron chi connectivity index (χ1n) is 8.39. The summed E-state index contributed by atoms with van der Waals surface area (Å²) >= 11 is 3.37. The van der Waals surface area contributed by atoms with E-state index >= 15 is 0 Å². The van der Waals surface area contributed by atoms with E-state index in [1.54, 1.807) is 13.3 Å². The highest BCUT2D eigenvalue weighted by molar-refractivity contribution is 9.10. The van der Waals surface area contributed by atoms with Gasteiger partial charge in [-0.1, -0.05) is 15.9 Å². The summed E-state index contributed by atoms with van der Waals surface area (Å²) in [5.41, 5.74) is 2.86. The maximum atomic E-state index is 12.0. The lowest BCUT2D eigenvalue weighted by atomic mass is 10.1. The van der Waals surface area contributed by atoms with Crippen LogP contribution < -0.4 is 10.6 Å². The topological polar surface area (TPSA) is 68.2 Å². The summed E-state index contributed by atoms with van der Waals surface area (Å²) in [6, 6.07) is 11.2. The van der Waals surface area contributed by atoms with E-state index in [1.165, 1.54) is 0 Å². The Hall–Kier alpha value is -2.38. The minimum absolute atomic E-state index is 0.214. The summed E-state index contributed by atoms with van der Waals surface area (Å²) in [5, 5.41) is 6.83. The summed E-state index contributed by atoms with van der Waals surface area (Å²) in [6.07, 6.45) is 4.61. The maximum absolute atomic E-state index is 12.0. The van der Waals surface area contributed by atoms with Crippen LogP contribution in [0.4, 0.5) is 10.5 Å². The van der Waals surface area contributed by atoms with Gasteiger partial charge in [-0.2, -0.15) is 0 Å². The van der Waals surface area contributed by atoms with E-state index in [2.05, 4.69) is 48.4 Å². The van der Waals surface area contributed by atoms with Crippen LogP contribution in [0, 0.1) is 0 Å². The third-order valence-electron chi connectivity index (χ3n) is 4.03. The van der Waals surface area contributed by atoms with Crippen molar-refractivity contribution >= 4 is 38.7 Å². The van der Waals surface area contributed by atoms with E-state index in [0.717, 1.165) is 39.7 Å². The van der Waals surface area contributed by atoms with Crippen LogP contribution in [0.2, 0.25) is 0 Å². The van der Waals surface area contributed by atoms with Gasteiger partial charge in [-0.15, -0.1) is 0 Å². The number of aromatic nitrogens is 2. The largest absolute Gasteiger partial charge is 0.383 e. The molecule has 26 heavy (non-hydrogen) atoms. The molecule has 0 aliphatic rings. The number of anilines is 1. The second-order valence-electron chi connectivity index (χ2n) is 5.85. The molecular formula is C19H21BrN4O2. The molecule has 6 nitrogen and oxygen atoms in total. The van der Waals surface area contributed by atoms with Gasteiger partial charge in [-0.25, -0.2) is 9.78 Å². The molecule has 0 aliphatic carbocycles. The minimum Gasteiger partial charge on any atom is -0.383 e. The van der Waals surface area contributed by atoms with Gasteiger partial charge in [0.05, 0.1) is 6.61 Å². The predicted octanol–water partition coefficient (Wildman–Crippen LogP) is 3.81. The van der Waals surface area contributed by atoms with Gasteiger partial charge in [-0.3, -0.25) is 0 Å². The number of carbonyl (C=O) groups is 1. The lowest BCUT2D eigenvalue weighted by molar-refractivity contribution is 0.188. The first-order valence-corrected chi connectivity index (χ1v) is 9.19. The molecule has 7 heteroatoms. The molecule has 0 saturated heterocycles. The van der Waals surface area contributed by atoms with Crippen molar-refractivity contribution in [1.82, 2.24) is 14.9 Å². The molecule has 2 heterocycles. The zero-order chi connectivity index (χ0) is 18.4. The highest BCUT2D eigenvalue weighted by Crippen LogP contribution is 2.19. The Balaban J connectivity index is 1.59. The zero-order valence-corrected chi connectivity index (χ0v) is 16.1. The molecule has 3 rings (SSSR count). The second-order valence-corrected chi connectivity index (χ2v) is 6.77. The zero-order valence-electron chi connectivity index (χ0n) is 14.5. The van der Waals surface area contributed by atoms with Crippen LogP contribution in [-0.2, 0) is 17.7 Å². The Morgan fingerprint density at radius 2 is 2.08 bits per heavy atom. The summed E-state index contributed by atoms with van der Waals surface area (Å²) < 4.78 is 8.23. The summed E-state index contributed by atoms with van der Waals surface area (Å²) in [5.74, 6) is 0. The molecule has 2 amide bonds. The first-order chi connectivity index (χ1) is 12.7. The number of benzene rings is 1. The number of urea groups is 1. The Kier molecular flexibility index (Phi) is 6.25. The minimum atomic E-state index is -0.214. The highest BCUT2D eigenvalue weighted by atomic mass is 79.9. The van der Waals surface area contributed by atoms with Crippen LogP contribution in [0.25, 0.3) is 11.0 Å². The number of nitrogens with one attached hydrogen (secondary N) is 2. The van der Waals surface area contributed by atoms with E-state index in [4.69, 9.17) is 4.74 Å². The van der Waals surface area contributed by atoms with Crippen molar-refractivity contribution in [2.75, 3.05) is 25.6 Å². The average molecular weight is 417 g/mol. The van der Waals surface area contributed by atoms with Crippen LogP contribution in [0.5, 0.6) is 0 Å². The Morgan fingerprint density at radius 1 is 1.27 bits per heavy atom. The van der Waals surface area contributed by atoms with E-state index < -0.39 is 0 Å². The molecule has 3 aromatic rings. The van der Waals surface area contributed by atoms with Gasteiger partial charge in [0, 0.05) is 48.1 Å². The maximum Gasteiger partial charge on any atom is 0.319 e. The quantitative estimate of drug-likeness (QED) is 0.615. The summed E-state index contributed by atoms with van der Waals surface area (Å²) in [7, 11) is 1.69. The average Bonchev–Trinajstić information content (AvgIpc) is 3.00. The van der Waals surface area contributed by atoms with E-state index in [-0.39, 0.29) is 6.03 Å². The number of methoxy groups -OCH3 is 1. The second kappa shape index (κ2) is 8.82. The number of hydrogen-bond donors (Lipinski definition) is 2. The van der Waals surface area contributed by atoms with Crippen LogP contribution in [0.1, 0.15) is 5.56 Å². The van der Waals surface area contributed by atoms with Gasteiger partial charge in [0.2, 0.25) is 0 Å². The Morgan fingerprint density at radius 3 is 2.85 bits per heavy atom. The van der Waals surface area contributed by atoms with Gasteiger partial charge in [0.1, 0.15) is 5.65 Å². The number of hydrogen-bond acceptors (Lipinski definition) is 3. The van der Waals surface area contributed by atoms with Crippen molar-refractivity contribution in [3.05, 3.63) is 58.8 Å². The molecule has 0 bridgehead atoms. The van der Waals surface area contributed by atoms with Crippen LogP contribution >= 0.6 is 15.9 Å². The molecule has 1 aromatic carbocycles. The van der Waals surface area contributed by atoms with E-state index in [9.17, 15) is 4.79 Å². The summed E-state index contributed by atoms with van der Waals surface area (Å²) in [6.45, 7) is 1.93. The fraction of sp³-hybridized carbons (Fsp3) is 0.263. The molecular weight excluding hydrogens is 396 g/mol. The molecule has 0 fully saturated rings. The highest BCUT2D eigenvalue weighted by Gasteiger charge is 2.09. The van der Waals surface area contributed by atoms with Crippen molar-refractivity contribution in [2.45, 2.75) is 13.0 Å². The number of fused-ring (bicyclic) bond motifs is 1. The Labute approximate surface area is 160 Å². The van der Waals surface area contributed by atoms with Gasteiger partial charge >= 0.3 is 6.03 Å². The van der Waals surface area contributed by atoms with Crippen LogP contribution in [0.15, 0.2) is 53.3 Å². The lowest BCUT2D eigenvalue weighted by Gasteiger charge is -2.07. The fourth-order valence-corrected chi connectivity index (χ4v) is 3.04. The van der Waals surface area contributed by atoms with E-state index in [1.807, 2.05) is 30.3 Å². The molecule has 2 N–H and O–H groups in total. The number of halogens is 1. The normalized spacial score (nSPS) is 10.8. The van der Waals surface area contributed by atoms with Crippen molar-refractivity contribution in [3.63, 3.8) is 0 Å². The molecule has 0 aliphatic heterocycles. The predicted molar refractivity (Wildman–Crippen MR) is 106 cm³/mol. The van der Waals surface area contributed by atoms with Crippen molar-refractivity contribution in [3.8, 4) is 0 Å². The van der Waals surface area contributed by atoms with E-state index in [0.29, 0.717) is 13.2 Å². The van der Waals surface area contributed by atoms with Crippen molar-refractivity contribution in [1.29, 1.82) is 0 Å². The lowest BCUT2D eigenvalue weighted by Crippen LogP contribution is -2.30. The van der Waals surface area contributed by atoms with Crippen LogP contribution in [0.3, 0.4) is 0 Å². The molecule has 0 saturated carbocycles. The molecule has 0 spiro atoms. The number of ether oxygens (including phenoxy) is 1. The third-order valence-corrected chi connectivity index (χ3v) is 4.56. The van der Waals surface area contributed by atoms with Gasteiger partial charge in [0.25, 0.3) is 0 Å². The molecule has 136 valence electrons. The number of amides is 2. The molecule has 2 aromatic heterocycles. The number of nitrogens with zero attached hydrogens (tertiary/aromatic N) is 2. The number of pyridine rings is 1. The smallest absolute Gasteiger partial charge is 0.319 e. The van der Waals surface area contributed by atoms with Gasteiger partial charge in [-0.05, 0) is 48.4 Å². The monoisotopic (exact) mass is 416 g/mol. The van der Waals surface area contributed by atoms with Crippen LogP contribution in [-0.4, -0.2) is 35.8 Å². The SMILES string of the molecule is COCCn1cc(CCNC(=O)Nc2ccc(Br)cc2)c2cccnc21. The third kappa shape index (κ3) is 4.62. The number of rotatable bonds is 7. The fourth-order valence-electron chi connectivity index (χ4n) is 2.77. The van der Waals surface area contributed by atoms with Gasteiger partial charge < -0.3 is 19.9 Å². The van der Waals surface area contributed by atoms with Crippen molar-refractivity contribution in [2.24, 2.45) is 0 Å². The molecule has 0 radical (unpaired) electrons. The first kappa shape index (κ1) is 18.4. The van der Waals surface area contributed by atoms with Gasteiger partial charge in [0.15, 0.2) is 0 Å². The van der Waals surface area contributed by atoms with Crippen molar-refractivity contribution < 1.29 is 9.53 Å². The Bertz CT molecular complexity index is 877. The number of carbonyl (C=O) groups excluding carboxylic acids is 1. The summed E-state index contributed by atoms with van der Waals surface area (Å²) in [4.78, 5) is 16.5.